The highest BCUT2D eigenvalue weighted by molar-refractivity contribution is 5.94. The molecule has 132 valence electrons. The van der Waals surface area contributed by atoms with Gasteiger partial charge < -0.3 is 10.1 Å². The van der Waals surface area contributed by atoms with Crippen LogP contribution in [-0.4, -0.2) is 28.8 Å². The van der Waals surface area contributed by atoms with E-state index in [4.69, 9.17) is 4.74 Å². The molecule has 26 heavy (non-hydrogen) atoms. The van der Waals surface area contributed by atoms with E-state index < -0.39 is 0 Å². The molecule has 0 aliphatic carbocycles. The van der Waals surface area contributed by atoms with Crippen LogP contribution >= 0.6 is 0 Å². The SMILES string of the molecule is O=C1NC[C@H](COCc2ccccc2)n2nc(-c3ccc(F)cc3)cc21. The lowest BCUT2D eigenvalue weighted by atomic mass is 10.1. The van der Waals surface area contributed by atoms with Gasteiger partial charge in [0.2, 0.25) is 0 Å². The van der Waals surface area contributed by atoms with Gasteiger partial charge in [-0.15, -0.1) is 0 Å². The lowest BCUT2D eigenvalue weighted by Crippen LogP contribution is -2.41. The number of rotatable bonds is 5. The van der Waals surface area contributed by atoms with Crippen LogP contribution in [0.2, 0.25) is 0 Å². The molecule has 0 unspecified atom stereocenters. The molecule has 1 aliphatic rings. The van der Waals surface area contributed by atoms with Gasteiger partial charge in [-0.1, -0.05) is 30.3 Å². The van der Waals surface area contributed by atoms with Crippen LogP contribution < -0.4 is 5.32 Å². The van der Waals surface area contributed by atoms with Gasteiger partial charge in [-0.2, -0.15) is 5.10 Å². The highest BCUT2D eigenvalue weighted by Crippen LogP contribution is 2.24. The van der Waals surface area contributed by atoms with Crippen molar-refractivity contribution in [3.63, 3.8) is 0 Å². The fraction of sp³-hybridized carbons (Fsp3) is 0.200. The predicted octanol–water partition coefficient (Wildman–Crippen LogP) is 3.19. The summed E-state index contributed by atoms with van der Waals surface area (Å²) in [6.45, 7) is 1.41. The Hall–Kier alpha value is -2.99. The summed E-state index contributed by atoms with van der Waals surface area (Å²) >= 11 is 0. The van der Waals surface area contributed by atoms with E-state index in [1.54, 1.807) is 22.9 Å². The molecule has 1 N–H and O–H groups in total. The standard InChI is InChI=1S/C20H18FN3O2/c21-16-8-6-15(7-9-16)18-10-19-20(25)22-11-17(24(19)23-18)13-26-12-14-4-2-1-3-5-14/h1-10,17H,11-13H2,(H,22,25)/t17-/m1/s1. The number of amides is 1. The topological polar surface area (TPSA) is 56.1 Å². The van der Waals surface area contributed by atoms with Crippen molar-refractivity contribution in [3.8, 4) is 11.3 Å². The third kappa shape index (κ3) is 3.36. The Morgan fingerprint density at radius 3 is 2.69 bits per heavy atom. The zero-order valence-corrected chi connectivity index (χ0v) is 14.1. The molecule has 4 rings (SSSR count). The van der Waals surface area contributed by atoms with E-state index in [0.717, 1.165) is 11.1 Å². The van der Waals surface area contributed by atoms with Gasteiger partial charge in [0.25, 0.3) is 5.91 Å². The first-order valence-corrected chi connectivity index (χ1v) is 8.46. The van der Waals surface area contributed by atoms with Crippen molar-refractivity contribution in [1.82, 2.24) is 15.1 Å². The van der Waals surface area contributed by atoms with Gasteiger partial charge in [-0.05, 0) is 35.9 Å². The van der Waals surface area contributed by atoms with Crippen LogP contribution in [0.1, 0.15) is 22.1 Å². The van der Waals surface area contributed by atoms with Gasteiger partial charge >= 0.3 is 0 Å². The summed E-state index contributed by atoms with van der Waals surface area (Å²) in [5.74, 6) is -0.465. The van der Waals surface area contributed by atoms with Gasteiger partial charge in [-0.3, -0.25) is 9.48 Å². The minimum atomic E-state index is -0.303. The highest BCUT2D eigenvalue weighted by atomic mass is 19.1. The molecule has 5 nitrogen and oxygen atoms in total. The number of hydrogen-bond acceptors (Lipinski definition) is 3. The lowest BCUT2D eigenvalue weighted by Gasteiger charge is -2.24. The second-order valence-electron chi connectivity index (χ2n) is 6.23. The number of halogens is 1. The number of ether oxygens (including phenoxy) is 1. The van der Waals surface area contributed by atoms with Crippen LogP contribution in [0.5, 0.6) is 0 Å². The number of hydrogen-bond donors (Lipinski definition) is 1. The lowest BCUT2D eigenvalue weighted by molar-refractivity contribution is 0.0714. The van der Waals surface area contributed by atoms with Gasteiger partial charge in [0, 0.05) is 12.1 Å². The van der Waals surface area contributed by atoms with E-state index in [2.05, 4.69) is 10.4 Å². The molecule has 0 spiro atoms. The van der Waals surface area contributed by atoms with E-state index in [9.17, 15) is 9.18 Å². The van der Waals surface area contributed by atoms with Crippen LogP contribution in [0.4, 0.5) is 4.39 Å². The van der Waals surface area contributed by atoms with Crippen LogP contribution in [0.3, 0.4) is 0 Å². The van der Waals surface area contributed by atoms with Crippen LogP contribution in [-0.2, 0) is 11.3 Å². The Kier molecular flexibility index (Phi) is 4.50. The molecule has 0 saturated heterocycles. The zero-order chi connectivity index (χ0) is 17.9. The summed E-state index contributed by atoms with van der Waals surface area (Å²) in [5.41, 5.74) is 3.00. The van der Waals surface area contributed by atoms with E-state index in [1.807, 2.05) is 30.3 Å². The molecule has 1 amide bonds. The molecule has 0 bridgehead atoms. The van der Waals surface area contributed by atoms with Crippen molar-refractivity contribution in [2.75, 3.05) is 13.2 Å². The Bertz CT molecular complexity index is 907. The van der Waals surface area contributed by atoms with Crippen molar-refractivity contribution < 1.29 is 13.9 Å². The summed E-state index contributed by atoms with van der Waals surface area (Å²) in [5, 5.41) is 7.43. The number of fused-ring (bicyclic) bond motifs is 1. The van der Waals surface area contributed by atoms with Crippen molar-refractivity contribution in [3.05, 3.63) is 77.7 Å². The number of nitrogens with zero attached hydrogens (tertiary/aromatic N) is 2. The predicted molar refractivity (Wildman–Crippen MR) is 95.1 cm³/mol. The Labute approximate surface area is 150 Å². The van der Waals surface area contributed by atoms with Crippen LogP contribution in [0.15, 0.2) is 60.7 Å². The molecule has 0 radical (unpaired) electrons. The Morgan fingerprint density at radius 1 is 1.15 bits per heavy atom. The first-order valence-electron chi connectivity index (χ1n) is 8.46. The maximum Gasteiger partial charge on any atom is 0.269 e. The largest absolute Gasteiger partial charge is 0.374 e. The number of benzene rings is 2. The van der Waals surface area contributed by atoms with Crippen molar-refractivity contribution in [2.24, 2.45) is 0 Å². The molecule has 6 heteroatoms. The van der Waals surface area contributed by atoms with Gasteiger partial charge in [-0.25, -0.2) is 4.39 Å². The second kappa shape index (κ2) is 7.09. The smallest absolute Gasteiger partial charge is 0.269 e. The molecule has 3 aromatic rings. The number of carbonyl (C=O) groups is 1. The minimum Gasteiger partial charge on any atom is -0.374 e. The quantitative estimate of drug-likeness (QED) is 0.768. The number of nitrogens with one attached hydrogen (secondary N) is 1. The first-order chi connectivity index (χ1) is 12.7. The average molecular weight is 351 g/mol. The third-order valence-electron chi connectivity index (χ3n) is 4.37. The van der Waals surface area contributed by atoms with Gasteiger partial charge in [0.1, 0.15) is 11.5 Å². The van der Waals surface area contributed by atoms with Crippen molar-refractivity contribution in [1.29, 1.82) is 0 Å². The zero-order valence-electron chi connectivity index (χ0n) is 14.1. The van der Waals surface area contributed by atoms with Gasteiger partial charge in [0.05, 0.1) is 24.9 Å². The Balaban J connectivity index is 1.51. The molecule has 1 atom stereocenters. The average Bonchev–Trinajstić information content (AvgIpc) is 3.11. The molecule has 2 aromatic carbocycles. The monoisotopic (exact) mass is 351 g/mol. The summed E-state index contributed by atoms with van der Waals surface area (Å²) in [7, 11) is 0. The van der Waals surface area contributed by atoms with Crippen molar-refractivity contribution in [2.45, 2.75) is 12.6 Å². The fourth-order valence-corrected chi connectivity index (χ4v) is 3.01. The van der Waals surface area contributed by atoms with Crippen molar-refractivity contribution >= 4 is 5.91 Å². The highest BCUT2D eigenvalue weighted by Gasteiger charge is 2.27. The summed E-state index contributed by atoms with van der Waals surface area (Å²) in [6.07, 6.45) is 0. The molecule has 2 heterocycles. The summed E-state index contributed by atoms with van der Waals surface area (Å²) in [6, 6.07) is 17.6. The van der Waals surface area contributed by atoms with E-state index in [-0.39, 0.29) is 17.8 Å². The molecule has 1 aromatic heterocycles. The first kappa shape index (κ1) is 16.5. The maximum atomic E-state index is 13.1. The second-order valence-corrected chi connectivity index (χ2v) is 6.23. The Morgan fingerprint density at radius 2 is 1.92 bits per heavy atom. The van der Waals surface area contributed by atoms with E-state index in [0.29, 0.717) is 31.1 Å². The van der Waals surface area contributed by atoms with Crippen LogP contribution in [0.25, 0.3) is 11.3 Å². The molecular weight excluding hydrogens is 333 g/mol. The molecule has 0 saturated carbocycles. The third-order valence-corrected chi connectivity index (χ3v) is 4.37. The maximum absolute atomic E-state index is 13.1. The number of carbonyl (C=O) groups excluding carboxylic acids is 1. The number of aromatic nitrogens is 2. The fourth-order valence-electron chi connectivity index (χ4n) is 3.01. The normalized spacial score (nSPS) is 16.2. The molecule has 1 aliphatic heterocycles. The molecule has 0 fully saturated rings. The van der Waals surface area contributed by atoms with Crippen LogP contribution in [0, 0.1) is 5.82 Å². The minimum absolute atomic E-state index is 0.0828. The van der Waals surface area contributed by atoms with E-state index >= 15 is 0 Å². The molecular formula is C20H18FN3O2. The summed E-state index contributed by atoms with van der Waals surface area (Å²) < 4.78 is 20.7. The van der Waals surface area contributed by atoms with E-state index in [1.165, 1.54) is 12.1 Å². The summed E-state index contributed by atoms with van der Waals surface area (Å²) in [4.78, 5) is 12.2. The van der Waals surface area contributed by atoms with Gasteiger partial charge in [0.15, 0.2) is 0 Å².